The summed E-state index contributed by atoms with van der Waals surface area (Å²) in [7, 11) is 0. The molecule has 148 valence electrons. The lowest BCUT2D eigenvalue weighted by Crippen LogP contribution is -2.23. The van der Waals surface area contributed by atoms with Crippen molar-refractivity contribution in [3.8, 4) is 0 Å². The summed E-state index contributed by atoms with van der Waals surface area (Å²) in [6, 6.07) is 10.7. The highest BCUT2D eigenvalue weighted by Gasteiger charge is 2.21. The number of carbonyl (C=O) groups excluding carboxylic acids is 1. The van der Waals surface area contributed by atoms with Crippen LogP contribution in [0, 0.1) is 15.9 Å². The summed E-state index contributed by atoms with van der Waals surface area (Å²) >= 11 is 0. The molecule has 0 saturated carbocycles. The number of fused-ring (bicyclic) bond motifs is 1. The minimum atomic E-state index is -0.591. The molecule has 0 spiro atoms. The topological polar surface area (TPSA) is 72.7 Å². The van der Waals surface area contributed by atoms with Gasteiger partial charge in [-0.15, -0.1) is 0 Å². The van der Waals surface area contributed by atoms with E-state index < -0.39 is 12.0 Å². The van der Waals surface area contributed by atoms with Crippen molar-refractivity contribution in [3.63, 3.8) is 0 Å². The molecule has 0 aromatic heterocycles. The van der Waals surface area contributed by atoms with Gasteiger partial charge in [0.15, 0.2) is 0 Å². The third kappa shape index (κ3) is 4.85. The zero-order chi connectivity index (χ0) is 20.1. The van der Waals surface area contributed by atoms with Gasteiger partial charge in [0.25, 0.3) is 0 Å². The van der Waals surface area contributed by atoms with E-state index in [1.165, 1.54) is 29.8 Å². The molecular formula is C21H23FN2O4. The highest BCUT2D eigenvalue weighted by molar-refractivity contribution is 5.89. The van der Waals surface area contributed by atoms with Gasteiger partial charge in [0, 0.05) is 37.0 Å². The summed E-state index contributed by atoms with van der Waals surface area (Å²) in [5.41, 5.74) is 3.67. The van der Waals surface area contributed by atoms with Crippen LogP contribution in [0.1, 0.15) is 34.8 Å². The largest absolute Gasteiger partial charge is 0.462 e. The maximum atomic E-state index is 12.9. The van der Waals surface area contributed by atoms with Crippen LogP contribution in [-0.2, 0) is 17.6 Å². The zero-order valence-electron chi connectivity index (χ0n) is 15.8. The Hall–Kier alpha value is -2.96. The molecular weight excluding hydrogens is 363 g/mol. The molecule has 28 heavy (non-hydrogen) atoms. The van der Waals surface area contributed by atoms with Crippen LogP contribution in [0.3, 0.4) is 0 Å². The van der Waals surface area contributed by atoms with E-state index in [1.54, 1.807) is 6.92 Å². The van der Waals surface area contributed by atoms with Crippen LogP contribution in [0.5, 0.6) is 0 Å². The number of nitro groups is 1. The van der Waals surface area contributed by atoms with Crippen molar-refractivity contribution < 1.29 is 18.8 Å². The van der Waals surface area contributed by atoms with Gasteiger partial charge < -0.3 is 9.64 Å². The van der Waals surface area contributed by atoms with E-state index >= 15 is 0 Å². The van der Waals surface area contributed by atoms with E-state index in [0.717, 1.165) is 30.8 Å². The molecule has 7 heteroatoms. The molecule has 0 bridgehead atoms. The number of nitrogens with zero attached hydrogens (tertiary/aromatic N) is 2. The second kappa shape index (κ2) is 8.82. The maximum absolute atomic E-state index is 12.9. The Kier molecular flexibility index (Phi) is 6.23. The zero-order valence-corrected chi connectivity index (χ0v) is 15.8. The molecule has 0 fully saturated rings. The van der Waals surface area contributed by atoms with Crippen molar-refractivity contribution in [1.29, 1.82) is 0 Å². The minimum Gasteiger partial charge on any atom is -0.462 e. The Morgan fingerprint density at radius 2 is 2.04 bits per heavy atom. The number of halogens is 1. The molecule has 3 rings (SSSR count). The Bertz CT molecular complexity index is 854. The first kappa shape index (κ1) is 19.8. The fourth-order valence-corrected chi connectivity index (χ4v) is 3.39. The lowest BCUT2D eigenvalue weighted by molar-refractivity contribution is -0.517. The number of ether oxygens (including phenoxy) is 1. The number of hydrogen-bond acceptors (Lipinski definition) is 5. The molecule has 1 unspecified atom stereocenters. The Labute approximate surface area is 163 Å². The SMILES string of the molecule is CC(Cc1ccc2c(c1)CCN2CCCOC(=O)c1ccc(F)cc1)[N+](=O)[O-]. The molecule has 0 N–H and O–H groups in total. The molecule has 0 aliphatic carbocycles. The standard InChI is InChI=1S/C21H23FN2O4/c1-15(24(26)27)13-16-3-8-20-18(14-16)9-11-23(20)10-2-12-28-21(25)17-4-6-19(22)7-5-17/h3-8,14-15H,2,9-13H2,1H3. The quantitative estimate of drug-likeness (QED) is 0.300. The van der Waals surface area contributed by atoms with Gasteiger partial charge in [0.1, 0.15) is 5.82 Å². The first-order valence-electron chi connectivity index (χ1n) is 9.37. The van der Waals surface area contributed by atoms with E-state index in [-0.39, 0.29) is 10.7 Å². The van der Waals surface area contributed by atoms with Crippen molar-refractivity contribution in [2.24, 2.45) is 0 Å². The van der Waals surface area contributed by atoms with Gasteiger partial charge >= 0.3 is 5.97 Å². The Morgan fingerprint density at radius 1 is 1.29 bits per heavy atom. The molecule has 6 nitrogen and oxygen atoms in total. The average Bonchev–Trinajstić information content (AvgIpc) is 3.07. The molecule has 0 radical (unpaired) electrons. The molecule has 1 atom stereocenters. The molecule has 2 aromatic carbocycles. The van der Waals surface area contributed by atoms with Crippen LogP contribution in [0.2, 0.25) is 0 Å². The predicted octanol–water partition coefficient (Wildman–Crippen LogP) is 3.64. The summed E-state index contributed by atoms with van der Waals surface area (Å²) in [5, 5.41) is 10.8. The van der Waals surface area contributed by atoms with Gasteiger partial charge in [0.2, 0.25) is 6.04 Å². The van der Waals surface area contributed by atoms with Gasteiger partial charge in [-0.25, -0.2) is 9.18 Å². The second-order valence-corrected chi connectivity index (χ2v) is 7.03. The van der Waals surface area contributed by atoms with E-state index in [4.69, 9.17) is 4.74 Å². The number of esters is 1. The van der Waals surface area contributed by atoms with Crippen LogP contribution in [0.4, 0.5) is 10.1 Å². The van der Waals surface area contributed by atoms with Crippen LogP contribution in [0.25, 0.3) is 0 Å². The maximum Gasteiger partial charge on any atom is 0.338 e. The van der Waals surface area contributed by atoms with Crippen molar-refractivity contribution >= 4 is 11.7 Å². The highest BCUT2D eigenvalue weighted by Crippen LogP contribution is 2.29. The van der Waals surface area contributed by atoms with E-state index in [1.807, 2.05) is 12.1 Å². The summed E-state index contributed by atoms with van der Waals surface area (Å²) in [6.45, 7) is 3.55. The van der Waals surface area contributed by atoms with Crippen molar-refractivity contribution in [3.05, 3.63) is 75.1 Å². The van der Waals surface area contributed by atoms with E-state index in [0.29, 0.717) is 25.0 Å². The number of carbonyl (C=O) groups is 1. The van der Waals surface area contributed by atoms with Gasteiger partial charge in [-0.1, -0.05) is 12.1 Å². The highest BCUT2D eigenvalue weighted by atomic mass is 19.1. The van der Waals surface area contributed by atoms with Gasteiger partial charge in [-0.05, 0) is 54.3 Å². The van der Waals surface area contributed by atoms with Gasteiger partial charge in [-0.3, -0.25) is 10.1 Å². The summed E-state index contributed by atoms with van der Waals surface area (Å²) in [5.74, 6) is -0.841. The van der Waals surface area contributed by atoms with Crippen LogP contribution in [0.15, 0.2) is 42.5 Å². The minimum absolute atomic E-state index is 0.257. The predicted molar refractivity (Wildman–Crippen MR) is 104 cm³/mol. The first-order valence-corrected chi connectivity index (χ1v) is 9.37. The second-order valence-electron chi connectivity index (χ2n) is 7.03. The molecule has 0 amide bonds. The summed E-state index contributed by atoms with van der Waals surface area (Å²) < 4.78 is 18.1. The van der Waals surface area contributed by atoms with Crippen molar-refractivity contribution in [2.45, 2.75) is 32.2 Å². The normalized spacial score (nSPS) is 13.9. The smallest absolute Gasteiger partial charge is 0.338 e. The van der Waals surface area contributed by atoms with Crippen LogP contribution in [-0.4, -0.2) is 36.6 Å². The molecule has 1 aliphatic rings. The summed E-state index contributed by atoms with van der Waals surface area (Å²) in [4.78, 5) is 24.7. The number of anilines is 1. The molecule has 0 saturated heterocycles. The molecule has 2 aromatic rings. The Balaban J connectivity index is 1.47. The average molecular weight is 386 g/mol. The number of rotatable bonds is 8. The fraction of sp³-hybridized carbons (Fsp3) is 0.381. The van der Waals surface area contributed by atoms with Crippen molar-refractivity contribution in [1.82, 2.24) is 0 Å². The van der Waals surface area contributed by atoms with Gasteiger partial charge in [-0.2, -0.15) is 0 Å². The third-order valence-electron chi connectivity index (χ3n) is 4.91. The van der Waals surface area contributed by atoms with E-state index in [9.17, 15) is 19.3 Å². The monoisotopic (exact) mass is 386 g/mol. The third-order valence-corrected chi connectivity index (χ3v) is 4.91. The number of benzene rings is 2. The number of hydrogen-bond donors (Lipinski definition) is 0. The molecule has 1 heterocycles. The lowest BCUT2D eigenvalue weighted by atomic mass is 10.0. The lowest BCUT2D eigenvalue weighted by Gasteiger charge is -2.19. The van der Waals surface area contributed by atoms with E-state index in [2.05, 4.69) is 11.0 Å². The Morgan fingerprint density at radius 3 is 2.75 bits per heavy atom. The van der Waals surface area contributed by atoms with Gasteiger partial charge in [0.05, 0.1) is 12.2 Å². The van der Waals surface area contributed by atoms with Crippen LogP contribution >= 0.6 is 0 Å². The first-order chi connectivity index (χ1) is 13.4. The molecule has 1 aliphatic heterocycles. The van der Waals surface area contributed by atoms with Crippen LogP contribution < -0.4 is 4.90 Å². The summed E-state index contributed by atoms with van der Waals surface area (Å²) in [6.07, 6.45) is 2.03. The van der Waals surface area contributed by atoms with Crippen molar-refractivity contribution in [2.75, 3.05) is 24.6 Å². The fourth-order valence-electron chi connectivity index (χ4n) is 3.39.